The van der Waals surface area contributed by atoms with E-state index in [0.29, 0.717) is 34.5 Å². The molecule has 1 heterocycles. The molecule has 5 fully saturated rings. The molecule has 1 saturated heterocycles. The Hall–Kier alpha value is 0.230. The van der Waals surface area contributed by atoms with Crippen LogP contribution in [0.25, 0.3) is 0 Å². The second-order valence-electron chi connectivity index (χ2n) is 11.5. The van der Waals surface area contributed by atoms with Crippen molar-refractivity contribution in [3.05, 3.63) is 0 Å². The van der Waals surface area contributed by atoms with E-state index in [1.165, 1.54) is 70.9 Å². The van der Waals surface area contributed by atoms with Crippen LogP contribution in [0.3, 0.4) is 0 Å². The van der Waals surface area contributed by atoms with E-state index in [4.69, 9.17) is 0 Å². The Morgan fingerprint density at radius 3 is 2.57 bits per heavy atom. The van der Waals surface area contributed by atoms with Gasteiger partial charge in [0, 0.05) is 29.6 Å². The summed E-state index contributed by atoms with van der Waals surface area (Å²) in [5.41, 5.74) is 0.778. The first-order chi connectivity index (χ1) is 13.5. The summed E-state index contributed by atoms with van der Waals surface area (Å²) < 4.78 is 0. The maximum atomic E-state index is 11.6. The van der Waals surface area contributed by atoms with Crippen molar-refractivity contribution in [3.8, 4) is 0 Å². The summed E-state index contributed by atoms with van der Waals surface area (Å²) in [7, 11) is 0. The van der Waals surface area contributed by atoms with Crippen LogP contribution < -0.4 is 5.32 Å². The van der Waals surface area contributed by atoms with Gasteiger partial charge < -0.3 is 15.5 Å². The molecule has 1 aliphatic heterocycles. The molecule has 10 atom stereocenters. The van der Waals surface area contributed by atoms with Crippen LogP contribution in [0.4, 0.5) is 0 Å². The van der Waals surface area contributed by atoms with E-state index in [-0.39, 0.29) is 18.6 Å². The lowest BCUT2D eigenvalue weighted by Gasteiger charge is -2.64. The lowest BCUT2D eigenvalue weighted by molar-refractivity contribution is -0.195. The minimum atomic E-state index is -0.285. The molecule has 0 bridgehead atoms. The van der Waals surface area contributed by atoms with Gasteiger partial charge >= 0.3 is 0 Å². The quantitative estimate of drug-likeness (QED) is 0.660. The molecule has 0 radical (unpaired) electrons. The third-order valence-electron chi connectivity index (χ3n) is 10.3. The predicted octanol–water partition coefficient (Wildman–Crippen LogP) is 4.07. The number of hydrogen-bond acceptors (Lipinski definition) is 4. The molecule has 160 valence electrons. The summed E-state index contributed by atoms with van der Waals surface area (Å²) in [4.78, 5) is 0. The Morgan fingerprint density at radius 1 is 0.964 bits per heavy atom. The van der Waals surface area contributed by atoms with Gasteiger partial charge in [0.15, 0.2) is 0 Å². The van der Waals surface area contributed by atoms with E-state index in [2.05, 4.69) is 30.9 Å². The van der Waals surface area contributed by atoms with Gasteiger partial charge in [-0.05, 0) is 92.4 Å². The Balaban J connectivity index is 1.40. The summed E-state index contributed by atoms with van der Waals surface area (Å²) in [6.07, 6.45) is 11.6. The van der Waals surface area contributed by atoms with Crippen LogP contribution in [0.1, 0.15) is 71.6 Å². The van der Waals surface area contributed by atoms with Crippen LogP contribution in [-0.4, -0.2) is 46.5 Å². The number of aliphatic hydroxyl groups excluding tert-OH is 2. The van der Waals surface area contributed by atoms with Crippen molar-refractivity contribution < 1.29 is 10.2 Å². The third kappa shape index (κ3) is 3.03. The lowest BCUT2D eigenvalue weighted by atomic mass is 9.42. The van der Waals surface area contributed by atoms with Gasteiger partial charge in [-0.2, -0.15) is 11.8 Å². The van der Waals surface area contributed by atoms with E-state index >= 15 is 0 Å². The van der Waals surface area contributed by atoms with Crippen LogP contribution in [0.15, 0.2) is 0 Å². The van der Waals surface area contributed by atoms with E-state index < -0.39 is 0 Å². The van der Waals surface area contributed by atoms with E-state index in [9.17, 15) is 10.2 Å². The summed E-state index contributed by atoms with van der Waals surface area (Å²) in [5, 5.41) is 27.0. The van der Waals surface area contributed by atoms with Gasteiger partial charge in [-0.1, -0.05) is 20.3 Å². The summed E-state index contributed by atoms with van der Waals surface area (Å²) >= 11 is 2.21. The third-order valence-corrected chi connectivity index (χ3v) is 11.9. The Bertz CT molecular complexity index is 581. The standard InChI is InChI=1S/C24H41NO2S/c1-23-8-3-4-18(23)21-19(6-9-23)24(2)10-5-15(28-16-7-11-25-13-16)12-20(24)17(14-26)22(21)27/h15-22,25-27H,3-14H2,1-2H3/t15-,16+,17-,18+,19+,20?,21+,22-,23+,24-/m1/s1. The minimum absolute atomic E-state index is 0.0966. The highest BCUT2D eigenvalue weighted by molar-refractivity contribution is 8.00. The average molecular weight is 408 g/mol. The molecule has 0 aromatic carbocycles. The predicted molar refractivity (Wildman–Crippen MR) is 116 cm³/mol. The number of nitrogens with one attached hydrogen (secondary N) is 1. The minimum Gasteiger partial charge on any atom is -0.396 e. The van der Waals surface area contributed by atoms with Crippen molar-refractivity contribution in [3.63, 3.8) is 0 Å². The first-order valence-electron chi connectivity index (χ1n) is 12.1. The van der Waals surface area contributed by atoms with Gasteiger partial charge in [-0.25, -0.2) is 0 Å². The fraction of sp³-hybridized carbons (Fsp3) is 1.00. The Morgan fingerprint density at radius 2 is 1.82 bits per heavy atom. The molecule has 0 aromatic heterocycles. The van der Waals surface area contributed by atoms with Crippen molar-refractivity contribution in [2.75, 3.05) is 19.7 Å². The zero-order valence-electron chi connectivity index (χ0n) is 17.9. The molecule has 3 N–H and O–H groups in total. The van der Waals surface area contributed by atoms with Gasteiger partial charge in [0.1, 0.15) is 0 Å². The second-order valence-corrected chi connectivity index (χ2v) is 13.1. The van der Waals surface area contributed by atoms with Crippen molar-refractivity contribution >= 4 is 11.8 Å². The lowest BCUT2D eigenvalue weighted by Crippen LogP contribution is -2.62. The number of fused-ring (bicyclic) bond motifs is 5. The van der Waals surface area contributed by atoms with Crippen molar-refractivity contribution in [2.24, 2.45) is 40.4 Å². The van der Waals surface area contributed by atoms with Crippen LogP contribution >= 0.6 is 11.8 Å². The largest absolute Gasteiger partial charge is 0.396 e. The molecule has 4 aliphatic carbocycles. The van der Waals surface area contributed by atoms with E-state index in [1.54, 1.807) is 0 Å². The topological polar surface area (TPSA) is 52.5 Å². The molecular formula is C24H41NO2S. The van der Waals surface area contributed by atoms with Crippen molar-refractivity contribution in [1.82, 2.24) is 5.32 Å². The number of aliphatic hydroxyl groups is 2. The Kier molecular flexibility index (Phi) is 5.34. The average Bonchev–Trinajstić information content (AvgIpc) is 3.32. The first kappa shape index (κ1) is 20.2. The highest BCUT2D eigenvalue weighted by atomic mass is 32.2. The monoisotopic (exact) mass is 407 g/mol. The normalized spacial score (nSPS) is 56.1. The van der Waals surface area contributed by atoms with Gasteiger partial charge in [-0.15, -0.1) is 0 Å². The molecule has 5 rings (SSSR count). The molecule has 1 unspecified atom stereocenters. The van der Waals surface area contributed by atoms with E-state index in [1.807, 2.05) is 0 Å². The van der Waals surface area contributed by atoms with Crippen LogP contribution in [0.5, 0.6) is 0 Å². The highest BCUT2D eigenvalue weighted by Crippen LogP contribution is 2.67. The van der Waals surface area contributed by atoms with Crippen molar-refractivity contribution in [2.45, 2.75) is 88.2 Å². The number of thioether (sulfide) groups is 1. The molecule has 0 aromatic rings. The molecule has 0 amide bonds. The maximum Gasteiger partial charge on any atom is 0.0627 e. The maximum absolute atomic E-state index is 11.6. The van der Waals surface area contributed by atoms with Gasteiger partial charge in [-0.3, -0.25) is 0 Å². The fourth-order valence-electron chi connectivity index (χ4n) is 8.78. The van der Waals surface area contributed by atoms with Crippen LogP contribution in [0, 0.1) is 40.4 Å². The SMILES string of the molecule is C[C@@]12CCC[C@H]1[C@@H]1[C@H](O)[C@H](CO)C3C[C@H](S[C@H]4CCNC4)CC[C@]3(C)[C@H]1CC2. The molecule has 28 heavy (non-hydrogen) atoms. The molecular weight excluding hydrogens is 366 g/mol. The van der Waals surface area contributed by atoms with E-state index in [0.717, 1.165) is 10.5 Å². The van der Waals surface area contributed by atoms with Gasteiger partial charge in [0.05, 0.1) is 6.10 Å². The smallest absolute Gasteiger partial charge is 0.0627 e. The summed E-state index contributed by atoms with van der Waals surface area (Å²) in [6.45, 7) is 7.57. The number of rotatable bonds is 3. The summed E-state index contributed by atoms with van der Waals surface area (Å²) in [6, 6.07) is 0. The zero-order valence-corrected chi connectivity index (χ0v) is 18.7. The molecule has 0 spiro atoms. The first-order valence-corrected chi connectivity index (χ1v) is 13.1. The molecule has 3 nitrogen and oxygen atoms in total. The number of hydrogen-bond donors (Lipinski definition) is 3. The zero-order chi connectivity index (χ0) is 19.5. The van der Waals surface area contributed by atoms with Gasteiger partial charge in [0.25, 0.3) is 0 Å². The van der Waals surface area contributed by atoms with Gasteiger partial charge in [0.2, 0.25) is 0 Å². The molecule has 5 aliphatic rings. The molecule has 4 heteroatoms. The summed E-state index contributed by atoms with van der Waals surface area (Å²) in [5.74, 6) is 2.39. The second kappa shape index (κ2) is 7.43. The highest BCUT2D eigenvalue weighted by Gasteiger charge is 2.63. The van der Waals surface area contributed by atoms with Crippen LogP contribution in [0.2, 0.25) is 0 Å². The van der Waals surface area contributed by atoms with Crippen molar-refractivity contribution in [1.29, 1.82) is 0 Å². The fourth-order valence-corrected chi connectivity index (χ4v) is 10.4. The van der Waals surface area contributed by atoms with Crippen LogP contribution in [-0.2, 0) is 0 Å². The molecule has 4 saturated carbocycles. The Labute approximate surface area is 175 Å².